The van der Waals surface area contributed by atoms with Crippen molar-refractivity contribution >= 4 is 11.8 Å². The molecule has 2 heterocycles. The SMILES string of the molecule is COCCN1CCCN(C(=O)c2ccnc(C)n2)CC1=O. The molecule has 0 spiro atoms. The van der Waals surface area contributed by atoms with Crippen molar-refractivity contribution in [1.29, 1.82) is 0 Å². The zero-order chi connectivity index (χ0) is 15.2. The molecule has 7 heteroatoms. The maximum Gasteiger partial charge on any atom is 0.273 e. The molecular weight excluding hydrogens is 272 g/mol. The summed E-state index contributed by atoms with van der Waals surface area (Å²) in [5.41, 5.74) is 0.334. The van der Waals surface area contributed by atoms with Gasteiger partial charge >= 0.3 is 0 Å². The Morgan fingerprint density at radius 2 is 2.24 bits per heavy atom. The maximum absolute atomic E-state index is 12.4. The van der Waals surface area contributed by atoms with Gasteiger partial charge in [0.05, 0.1) is 6.61 Å². The third-order valence-corrected chi connectivity index (χ3v) is 3.38. The molecule has 1 aromatic rings. The van der Waals surface area contributed by atoms with E-state index in [1.165, 1.54) is 0 Å². The third kappa shape index (κ3) is 3.98. The van der Waals surface area contributed by atoms with Gasteiger partial charge in [0.15, 0.2) is 0 Å². The van der Waals surface area contributed by atoms with Gasteiger partial charge in [-0.1, -0.05) is 0 Å². The zero-order valence-corrected chi connectivity index (χ0v) is 12.4. The van der Waals surface area contributed by atoms with E-state index >= 15 is 0 Å². The van der Waals surface area contributed by atoms with E-state index in [0.717, 1.165) is 6.42 Å². The number of hydrogen-bond acceptors (Lipinski definition) is 5. The Morgan fingerprint density at radius 3 is 2.95 bits per heavy atom. The molecular formula is C14H20N4O3. The van der Waals surface area contributed by atoms with Crippen LogP contribution in [0, 0.1) is 6.92 Å². The van der Waals surface area contributed by atoms with Crippen molar-refractivity contribution in [2.45, 2.75) is 13.3 Å². The molecule has 7 nitrogen and oxygen atoms in total. The van der Waals surface area contributed by atoms with E-state index in [4.69, 9.17) is 4.74 Å². The van der Waals surface area contributed by atoms with E-state index in [-0.39, 0.29) is 18.4 Å². The highest BCUT2D eigenvalue weighted by atomic mass is 16.5. The van der Waals surface area contributed by atoms with E-state index in [1.54, 1.807) is 36.1 Å². The van der Waals surface area contributed by atoms with Gasteiger partial charge < -0.3 is 14.5 Å². The molecule has 2 rings (SSSR count). The fourth-order valence-electron chi connectivity index (χ4n) is 2.27. The summed E-state index contributed by atoms with van der Waals surface area (Å²) >= 11 is 0. The minimum Gasteiger partial charge on any atom is -0.383 e. The van der Waals surface area contributed by atoms with Gasteiger partial charge in [-0.3, -0.25) is 9.59 Å². The van der Waals surface area contributed by atoms with Gasteiger partial charge in [-0.15, -0.1) is 0 Å². The van der Waals surface area contributed by atoms with Crippen molar-refractivity contribution in [2.75, 3.05) is 39.9 Å². The summed E-state index contributed by atoms with van der Waals surface area (Å²) in [6.07, 6.45) is 2.31. The van der Waals surface area contributed by atoms with Gasteiger partial charge in [-0.2, -0.15) is 0 Å². The van der Waals surface area contributed by atoms with E-state index in [1.807, 2.05) is 0 Å². The summed E-state index contributed by atoms with van der Waals surface area (Å²) < 4.78 is 5.00. The Bertz CT molecular complexity index is 521. The Balaban J connectivity index is 2.04. The van der Waals surface area contributed by atoms with Crippen LogP contribution in [0.15, 0.2) is 12.3 Å². The highest BCUT2D eigenvalue weighted by Gasteiger charge is 2.26. The molecule has 1 aromatic heterocycles. The molecule has 0 saturated carbocycles. The van der Waals surface area contributed by atoms with Crippen LogP contribution in [0.4, 0.5) is 0 Å². The van der Waals surface area contributed by atoms with Crippen LogP contribution in [0.5, 0.6) is 0 Å². The van der Waals surface area contributed by atoms with Crippen LogP contribution >= 0.6 is 0 Å². The van der Waals surface area contributed by atoms with Crippen LogP contribution in [0.25, 0.3) is 0 Å². The van der Waals surface area contributed by atoms with Crippen LogP contribution in [-0.2, 0) is 9.53 Å². The first-order valence-corrected chi connectivity index (χ1v) is 6.97. The number of methoxy groups -OCH3 is 1. The average Bonchev–Trinajstić information content (AvgIpc) is 2.66. The van der Waals surface area contributed by atoms with Crippen LogP contribution in [0.3, 0.4) is 0 Å². The van der Waals surface area contributed by atoms with E-state index in [9.17, 15) is 9.59 Å². The van der Waals surface area contributed by atoms with Crippen molar-refractivity contribution in [1.82, 2.24) is 19.8 Å². The first kappa shape index (κ1) is 15.4. The number of aromatic nitrogens is 2. The number of aryl methyl sites for hydroxylation is 1. The second kappa shape index (κ2) is 7.12. The first-order valence-electron chi connectivity index (χ1n) is 6.97. The van der Waals surface area contributed by atoms with Gasteiger partial charge in [0.1, 0.15) is 18.1 Å². The smallest absolute Gasteiger partial charge is 0.273 e. The fraction of sp³-hybridized carbons (Fsp3) is 0.571. The quantitative estimate of drug-likeness (QED) is 0.787. The summed E-state index contributed by atoms with van der Waals surface area (Å²) in [7, 11) is 1.61. The normalized spacial score (nSPS) is 16.0. The van der Waals surface area contributed by atoms with Crippen LogP contribution < -0.4 is 0 Å². The molecule has 1 saturated heterocycles. The Kier molecular flexibility index (Phi) is 5.21. The maximum atomic E-state index is 12.4. The molecule has 0 N–H and O–H groups in total. The number of nitrogens with zero attached hydrogens (tertiary/aromatic N) is 4. The topological polar surface area (TPSA) is 75.6 Å². The van der Waals surface area contributed by atoms with E-state index in [2.05, 4.69) is 9.97 Å². The highest BCUT2D eigenvalue weighted by Crippen LogP contribution is 2.08. The summed E-state index contributed by atoms with van der Waals surface area (Å²) in [4.78, 5) is 36.0. The molecule has 0 bridgehead atoms. The van der Waals surface area contributed by atoms with Crippen LogP contribution in [0.2, 0.25) is 0 Å². The molecule has 2 amide bonds. The summed E-state index contributed by atoms with van der Waals surface area (Å²) in [6, 6.07) is 1.58. The van der Waals surface area contributed by atoms with E-state index in [0.29, 0.717) is 37.8 Å². The van der Waals surface area contributed by atoms with Gasteiger partial charge in [0.2, 0.25) is 5.91 Å². The highest BCUT2D eigenvalue weighted by molar-refractivity contribution is 5.95. The molecule has 21 heavy (non-hydrogen) atoms. The molecule has 0 aliphatic carbocycles. The molecule has 0 unspecified atom stereocenters. The lowest BCUT2D eigenvalue weighted by atomic mass is 10.3. The Labute approximate surface area is 123 Å². The zero-order valence-electron chi connectivity index (χ0n) is 12.4. The second-order valence-electron chi connectivity index (χ2n) is 4.94. The minimum absolute atomic E-state index is 0.0521. The van der Waals surface area contributed by atoms with Crippen molar-refractivity contribution < 1.29 is 14.3 Å². The molecule has 0 radical (unpaired) electrons. The number of ether oxygens (including phenoxy) is 1. The molecule has 1 aliphatic rings. The van der Waals surface area contributed by atoms with Crippen LogP contribution in [0.1, 0.15) is 22.7 Å². The third-order valence-electron chi connectivity index (χ3n) is 3.38. The number of rotatable bonds is 4. The number of amides is 2. The van der Waals surface area contributed by atoms with Crippen molar-refractivity contribution in [2.24, 2.45) is 0 Å². The minimum atomic E-state index is -0.220. The fourth-order valence-corrected chi connectivity index (χ4v) is 2.27. The molecule has 0 atom stereocenters. The van der Waals surface area contributed by atoms with Gasteiger partial charge in [0.25, 0.3) is 5.91 Å². The van der Waals surface area contributed by atoms with E-state index < -0.39 is 0 Å². The first-order chi connectivity index (χ1) is 10.1. The van der Waals surface area contributed by atoms with Gasteiger partial charge in [-0.05, 0) is 19.4 Å². The number of carbonyl (C=O) groups is 2. The van der Waals surface area contributed by atoms with Crippen molar-refractivity contribution in [3.05, 3.63) is 23.8 Å². The molecule has 0 aromatic carbocycles. The largest absolute Gasteiger partial charge is 0.383 e. The lowest BCUT2D eigenvalue weighted by molar-refractivity contribution is -0.131. The molecule has 114 valence electrons. The predicted octanol–water partition coefficient (Wildman–Crippen LogP) is 0.106. The predicted molar refractivity (Wildman–Crippen MR) is 75.7 cm³/mol. The standard InChI is InChI=1S/C14H20N4O3/c1-11-15-5-4-12(16-11)14(20)18-7-3-6-17(8-9-21-2)13(19)10-18/h4-5H,3,6-10H2,1-2H3. The number of carbonyl (C=O) groups excluding carboxylic acids is 2. The number of hydrogen-bond donors (Lipinski definition) is 0. The second-order valence-corrected chi connectivity index (χ2v) is 4.94. The summed E-state index contributed by atoms with van der Waals surface area (Å²) in [6.45, 7) is 4.09. The lowest BCUT2D eigenvalue weighted by Crippen LogP contribution is -2.40. The van der Waals surface area contributed by atoms with Crippen molar-refractivity contribution in [3.8, 4) is 0 Å². The Hall–Kier alpha value is -2.02. The lowest BCUT2D eigenvalue weighted by Gasteiger charge is -2.21. The van der Waals surface area contributed by atoms with Crippen molar-refractivity contribution in [3.63, 3.8) is 0 Å². The Morgan fingerprint density at radius 1 is 1.43 bits per heavy atom. The van der Waals surface area contributed by atoms with Gasteiger partial charge in [0, 0.05) is 32.9 Å². The molecule has 1 aliphatic heterocycles. The average molecular weight is 292 g/mol. The van der Waals surface area contributed by atoms with Gasteiger partial charge in [-0.25, -0.2) is 9.97 Å². The monoisotopic (exact) mass is 292 g/mol. The molecule has 1 fully saturated rings. The van der Waals surface area contributed by atoms with Crippen LogP contribution in [-0.4, -0.2) is 71.5 Å². The summed E-state index contributed by atoms with van der Waals surface area (Å²) in [5.74, 6) is 0.273. The summed E-state index contributed by atoms with van der Waals surface area (Å²) in [5, 5.41) is 0.